The van der Waals surface area contributed by atoms with E-state index in [1.807, 2.05) is 64.1 Å². The first kappa shape index (κ1) is 29.2. The number of alkyl carbamates (subject to hydrolysis) is 1. The summed E-state index contributed by atoms with van der Waals surface area (Å²) in [7, 11) is 1.39. The molecule has 38 heavy (non-hydrogen) atoms. The monoisotopic (exact) mass is 523 g/mol. The Morgan fingerprint density at radius 2 is 1.82 bits per heavy atom. The Morgan fingerprint density at radius 1 is 1.08 bits per heavy atom. The number of hydrogen-bond acceptors (Lipinski definition) is 6. The number of rotatable bonds is 9. The Kier molecular flexibility index (Phi) is 10.3. The number of hydrogen-bond donors (Lipinski definition) is 3. The molecule has 2 amide bonds. The van der Waals surface area contributed by atoms with Gasteiger partial charge >= 0.3 is 12.1 Å². The van der Waals surface area contributed by atoms with Crippen LogP contribution in [0.15, 0.2) is 48.5 Å². The zero-order chi connectivity index (χ0) is 27.7. The average molecular weight is 524 g/mol. The van der Waals surface area contributed by atoms with Gasteiger partial charge in [-0.25, -0.2) is 4.79 Å². The third kappa shape index (κ3) is 8.87. The number of carbonyl (C=O) groups excluding carboxylic acids is 3. The molecular formula is C30H41N3O5. The molecule has 0 aliphatic carbocycles. The molecule has 0 aromatic heterocycles. The number of benzene rings is 2. The van der Waals surface area contributed by atoms with Crippen molar-refractivity contribution in [3.63, 3.8) is 0 Å². The van der Waals surface area contributed by atoms with Crippen LogP contribution in [0.5, 0.6) is 0 Å². The van der Waals surface area contributed by atoms with Gasteiger partial charge in [0.2, 0.25) is 0 Å². The molecule has 3 N–H and O–H groups in total. The smallest absolute Gasteiger partial charge is 0.407 e. The van der Waals surface area contributed by atoms with E-state index >= 15 is 0 Å². The highest BCUT2D eigenvalue weighted by Crippen LogP contribution is 2.24. The maximum Gasteiger partial charge on any atom is 0.407 e. The summed E-state index contributed by atoms with van der Waals surface area (Å²) in [6, 6.07) is 14.8. The molecule has 0 radical (unpaired) electrons. The molecule has 1 aliphatic rings. The molecule has 1 heterocycles. The van der Waals surface area contributed by atoms with Crippen molar-refractivity contribution in [3.8, 4) is 11.1 Å². The first-order valence-corrected chi connectivity index (χ1v) is 13.3. The van der Waals surface area contributed by atoms with Crippen molar-refractivity contribution in [3.05, 3.63) is 59.7 Å². The number of nitrogens with one attached hydrogen (secondary N) is 3. The fourth-order valence-electron chi connectivity index (χ4n) is 4.69. The maximum absolute atomic E-state index is 13.0. The number of amides is 2. The summed E-state index contributed by atoms with van der Waals surface area (Å²) in [5.74, 6) is -0.526. The molecular weight excluding hydrogens is 482 g/mol. The first-order chi connectivity index (χ1) is 18.1. The Balaban J connectivity index is 1.61. The lowest BCUT2D eigenvalue weighted by Gasteiger charge is -2.29. The predicted octanol–water partition coefficient (Wildman–Crippen LogP) is 4.68. The van der Waals surface area contributed by atoms with E-state index in [0.29, 0.717) is 24.4 Å². The Morgan fingerprint density at radius 3 is 2.45 bits per heavy atom. The highest BCUT2D eigenvalue weighted by molar-refractivity contribution is 5.95. The summed E-state index contributed by atoms with van der Waals surface area (Å²) in [6.07, 6.45) is 2.38. The second-order valence-corrected chi connectivity index (χ2v) is 11.0. The van der Waals surface area contributed by atoms with Crippen LogP contribution in [0, 0.1) is 11.8 Å². The summed E-state index contributed by atoms with van der Waals surface area (Å²) in [5, 5.41) is 9.15. The highest BCUT2D eigenvalue weighted by Gasteiger charge is 2.31. The van der Waals surface area contributed by atoms with E-state index < -0.39 is 17.6 Å². The molecule has 3 atom stereocenters. The van der Waals surface area contributed by atoms with Crippen LogP contribution >= 0.6 is 0 Å². The fourth-order valence-corrected chi connectivity index (χ4v) is 4.69. The molecule has 206 valence electrons. The number of piperidine rings is 1. The minimum atomic E-state index is -0.551. The molecule has 1 fully saturated rings. The minimum absolute atomic E-state index is 0.227. The lowest BCUT2D eigenvalue weighted by molar-refractivity contribution is -0.147. The molecule has 2 aromatic rings. The number of esters is 1. The van der Waals surface area contributed by atoms with Gasteiger partial charge in [-0.2, -0.15) is 0 Å². The molecule has 3 rings (SSSR count). The van der Waals surface area contributed by atoms with E-state index in [1.165, 1.54) is 7.11 Å². The van der Waals surface area contributed by atoms with Crippen molar-refractivity contribution < 1.29 is 23.9 Å². The van der Waals surface area contributed by atoms with Crippen LogP contribution in [-0.4, -0.2) is 49.8 Å². The second kappa shape index (κ2) is 13.4. The van der Waals surface area contributed by atoms with Gasteiger partial charge in [0, 0.05) is 18.2 Å². The molecule has 8 heteroatoms. The third-order valence-electron chi connectivity index (χ3n) is 6.70. The quantitative estimate of drug-likeness (QED) is 0.413. The highest BCUT2D eigenvalue weighted by atomic mass is 16.6. The number of methoxy groups -OCH3 is 1. The van der Waals surface area contributed by atoms with Crippen molar-refractivity contribution in [2.75, 3.05) is 20.2 Å². The standard InChI is InChI=1S/C30H41N3O5/c1-20(26(28(35)37-5)17-22-9-7-15-31-18-22)33-27(34)24-13-11-23(12-14-24)25-10-6-8-21(16-25)19-32-29(36)38-30(2,3)4/h6,8,10-14,16,20,22,26,31H,7,9,15,17-19H2,1-5H3,(H,32,36)(H,33,34)/t20-,22?,26-/m1/s1. The molecule has 0 saturated carbocycles. The fraction of sp³-hybridized carbons (Fsp3) is 0.500. The van der Waals surface area contributed by atoms with E-state index in [2.05, 4.69) is 16.0 Å². The van der Waals surface area contributed by atoms with Crippen molar-refractivity contribution in [2.45, 2.75) is 65.1 Å². The van der Waals surface area contributed by atoms with Gasteiger partial charge in [-0.1, -0.05) is 30.3 Å². The van der Waals surface area contributed by atoms with Crippen LogP contribution < -0.4 is 16.0 Å². The number of carbonyl (C=O) groups is 3. The van der Waals surface area contributed by atoms with Gasteiger partial charge in [0.1, 0.15) is 5.60 Å². The number of ether oxygens (including phenoxy) is 2. The van der Waals surface area contributed by atoms with Crippen molar-refractivity contribution >= 4 is 18.0 Å². The van der Waals surface area contributed by atoms with Gasteiger partial charge in [0.05, 0.1) is 13.0 Å². The van der Waals surface area contributed by atoms with Gasteiger partial charge in [-0.05, 0) is 101 Å². The van der Waals surface area contributed by atoms with Crippen LogP contribution in [0.2, 0.25) is 0 Å². The molecule has 8 nitrogen and oxygen atoms in total. The van der Waals surface area contributed by atoms with E-state index in [9.17, 15) is 14.4 Å². The topological polar surface area (TPSA) is 106 Å². The van der Waals surface area contributed by atoms with Crippen molar-refractivity contribution in [2.24, 2.45) is 11.8 Å². The maximum atomic E-state index is 13.0. The summed E-state index contributed by atoms with van der Waals surface area (Å²) in [5.41, 5.74) is 2.83. The van der Waals surface area contributed by atoms with Crippen LogP contribution in [0.1, 0.15) is 62.9 Å². The van der Waals surface area contributed by atoms with Crippen LogP contribution in [-0.2, 0) is 20.8 Å². The third-order valence-corrected chi connectivity index (χ3v) is 6.70. The molecule has 1 saturated heterocycles. The predicted molar refractivity (Wildman–Crippen MR) is 148 cm³/mol. The van der Waals surface area contributed by atoms with Gasteiger partial charge in [0.15, 0.2) is 0 Å². The average Bonchev–Trinajstić information content (AvgIpc) is 2.90. The van der Waals surface area contributed by atoms with Crippen LogP contribution in [0.25, 0.3) is 11.1 Å². The minimum Gasteiger partial charge on any atom is -0.469 e. The van der Waals surface area contributed by atoms with E-state index in [0.717, 1.165) is 42.6 Å². The first-order valence-electron chi connectivity index (χ1n) is 13.3. The molecule has 2 aromatic carbocycles. The lowest BCUT2D eigenvalue weighted by atomic mass is 9.85. The molecule has 0 spiro atoms. The zero-order valence-corrected chi connectivity index (χ0v) is 23.1. The lowest BCUT2D eigenvalue weighted by Crippen LogP contribution is -2.44. The van der Waals surface area contributed by atoms with E-state index in [4.69, 9.17) is 9.47 Å². The van der Waals surface area contributed by atoms with Crippen molar-refractivity contribution in [1.82, 2.24) is 16.0 Å². The van der Waals surface area contributed by atoms with Gasteiger partial charge in [-0.3, -0.25) is 9.59 Å². The normalized spacial score (nSPS) is 17.1. The Bertz CT molecular complexity index is 1090. The summed E-state index contributed by atoms with van der Waals surface area (Å²) in [6.45, 7) is 9.57. The summed E-state index contributed by atoms with van der Waals surface area (Å²) in [4.78, 5) is 37.4. The largest absolute Gasteiger partial charge is 0.469 e. The zero-order valence-electron chi connectivity index (χ0n) is 23.1. The molecule has 0 bridgehead atoms. The van der Waals surface area contributed by atoms with Crippen molar-refractivity contribution in [1.29, 1.82) is 0 Å². The van der Waals surface area contributed by atoms with Gasteiger partial charge in [0.25, 0.3) is 5.91 Å². The van der Waals surface area contributed by atoms with Crippen LogP contribution in [0.4, 0.5) is 4.79 Å². The Hall–Kier alpha value is -3.39. The van der Waals surface area contributed by atoms with E-state index in [-0.39, 0.29) is 17.9 Å². The molecule has 1 unspecified atom stereocenters. The van der Waals surface area contributed by atoms with Gasteiger partial charge < -0.3 is 25.4 Å². The second-order valence-electron chi connectivity index (χ2n) is 11.0. The van der Waals surface area contributed by atoms with Crippen LogP contribution in [0.3, 0.4) is 0 Å². The van der Waals surface area contributed by atoms with Gasteiger partial charge in [-0.15, -0.1) is 0 Å². The Labute approximate surface area is 225 Å². The summed E-state index contributed by atoms with van der Waals surface area (Å²) < 4.78 is 10.3. The molecule has 1 aliphatic heterocycles. The SMILES string of the molecule is COC(=O)[C@H](CC1CCCNC1)[C@@H](C)NC(=O)c1ccc(-c2cccc(CNC(=O)OC(C)(C)C)c2)cc1. The summed E-state index contributed by atoms with van der Waals surface area (Å²) >= 11 is 0. The van der Waals surface area contributed by atoms with E-state index in [1.54, 1.807) is 12.1 Å².